The summed E-state index contributed by atoms with van der Waals surface area (Å²) in [6.45, 7) is 0. The first-order valence-corrected chi connectivity index (χ1v) is 3.95. The van der Waals surface area contributed by atoms with Crippen LogP contribution in [0.2, 0.25) is 0 Å². The molecule has 4 heteroatoms. The van der Waals surface area contributed by atoms with E-state index in [1.807, 2.05) is 0 Å². The quantitative estimate of drug-likeness (QED) is 0.712. The fraction of sp³-hybridized carbons (Fsp3) is 0.500. The number of rotatable bonds is 2. The van der Waals surface area contributed by atoms with E-state index in [4.69, 9.17) is 5.11 Å². The van der Waals surface area contributed by atoms with Crippen molar-refractivity contribution in [3.8, 4) is 0 Å². The van der Waals surface area contributed by atoms with Gasteiger partial charge in [-0.3, -0.25) is 4.68 Å². The van der Waals surface area contributed by atoms with E-state index in [9.17, 15) is 4.79 Å². The van der Waals surface area contributed by atoms with Gasteiger partial charge < -0.3 is 5.11 Å². The van der Waals surface area contributed by atoms with Crippen molar-refractivity contribution in [2.45, 2.75) is 18.8 Å². The van der Waals surface area contributed by atoms with Crippen LogP contribution in [0.15, 0.2) is 6.20 Å². The molecule has 0 unspecified atom stereocenters. The van der Waals surface area contributed by atoms with E-state index in [-0.39, 0.29) is 0 Å². The first-order valence-electron chi connectivity index (χ1n) is 3.95. The minimum atomic E-state index is -0.878. The van der Waals surface area contributed by atoms with Gasteiger partial charge >= 0.3 is 5.97 Å². The summed E-state index contributed by atoms with van der Waals surface area (Å²) in [6, 6.07) is 0. The summed E-state index contributed by atoms with van der Waals surface area (Å²) in [5.74, 6) is -0.429. The molecule has 0 spiro atoms. The van der Waals surface area contributed by atoms with Crippen molar-refractivity contribution in [1.29, 1.82) is 0 Å². The number of aryl methyl sites for hydroxylation is 1. The molecule has 1 aromatic heterocycles. The lowest BCUT2D eigenvalue weighted by molar-refractivity contribution is 0.0683. The molecular weight excluding hydrogens is 156 g/mol. The van der Waals surface area contributed by atoms with Crippen LogP contribution < -0.4 is 0 Å². The van der Waals surface area contributed by atoms with Crippen molar-refractivity contribution >= 4 is 5.97 Å². The zero-order chi connectivity index (χ0) is 8.72. The fourth-order valence-corrected chi connectivity index (χ4v) is 1.41. The highest BCUT2D eigenvalue weighted by molar-refractivity contribution is 5.87. The summed E-state index contributed by atoms with van der Waals surface area (Å²) >= 11 is 0. The molecule has 1 N–H and O–H groups in total. The van der Waals surface area contributed by atoms with Crippen LogP contribution in [0, 0.1) is 0 Å². The Kier molecular flexibility index (Phi) is 1.43. The van der Waals surface area contributed by atoms with Crippen LogP contribution in [0.1, 0.15) is 34.8 Å². The normalized spacial score (nSPS) is 16.4. The van der Waals surface area contributed by atoms with E-state index in [0.29, 0.717) is 11.6 Å². The molecule has 0 saturated heterocycles. The number of carboxylic acid groups (broad SMARTS) is 1. The number of hydrogen-bond acceptors (Lipinski definition) is 2. The zero-order valence-electron chi connectivity index (χ0n) is 6.82. The van der Waals surface area contributed by atoms with Crippen molar-refractivity contribution < 1.29 is 9.90 Å². The summed E-state index contributed by atoms with van der Waals surface area (Å²) < 4.78 is 1.43. The number of aromatic carboxylic acids is 1. The smallest absolute Gasteiger partial charge is 0.354 e. The van der Waals surface area contributed by atoms with Crippen LogP contribution in [0.25, 0.3) is 0 Å². The molecule has 0 bridgehead atoms. The van der Waals surface area contributed by atoms with Crippen molar-refractivity contribution in [3.63, 3.8) is 0 Å². The van der Waals surface area contributed by atoms with Gasteiger partial charge in [-0.05, 0) is 18.8 Å². The Morgan fingerprint density at radius 3 is 2.92 bits per heavy atom. The molecule has 0 aromatic carbocycles. The van der Waals surface area contributed by atoms with Gasteiger partial charge in [0.1, 0.15) is 5.69 Å². The van der Waals surface area contributed by atoms with Crippen LogP contribution in [0.4, 0.5) is 0 Å². The van der Waals surface area contributed by atoms with Gasteiger partial charge in [-0.1, -0.05) is 0 Å². The summed E-state index contributed by atoms with van der Waals surface area (Å²) in [5.41, 5.74) is 1.24. The van der Waals surface area contributed by atoms with Gasteiger partial charge in [0.15, 0.2) is 0 Å². The van der Waals surface area contributed by atoms with E-state index in [1.165, 1.54) is 4.68 Å². The van der Waals surface area contributed by atoms with Crippen molar-refractivity contribution in [3.05, 3.63) is 17.5 Å². The number of carboxylic acids is 1. The van der Waals surface area contributed by atoms with Gasteiger partial charge in [-0.25, -0.2) is 4.79 Å². The van der Waals surface area contributed by atoms with Crippen molar-refractivity contribution in [2.75, 3.05) is 0 Å². The lowest BCUT2D eigenvalue weighted by atomic mass is 10.1. The Hall–Kier alpha value is -1.32. The molecular formula is C8H10N2O2. The second kappa shape index (κ2) is 2.33. The fourth-order valence-electron chi connectivity index (χ4n) is 1.41. The predicted molar refractivity (Wildman–Crippen MR) is 42.1 cm³/mol. The van der Waals surface area contributed by atoms with Gasteiger partial charge in [0.2, 0.25) is 0 Å². The molecule has 0 atom stereocenters. The Bertz CT molecular complexity index is 326. The second-order valence-electron chi connectivity index (χ2n) is 3.15. The number of aromatic nitrogens is 2. The summed E-state index contributed by atoms with van der Waals surface area (Å²) in [4.78, 5) is 10.8. The SMILES string of the molecule is Cn1ncc(C2CC2)c1C(=O)O. The third-order valence-electron chi connectivity index (χ3n) is 2.19. The molecule has 1 fully saturated rings. The Morgan fingerprint density at radius 1 is 1.75 bits per heavy atom. The first-order chi connectivity index (χ1) is 5.70. The van der Waals surface area contributed by atoms with Crippen LogP contribution in [0.3, 0.4) is 0 Å². The molecule has 64 valence electrons. The molecule has 4 nitrogen and oxygen atoms in total. The van der Waals surface area contributed by atoms with Crippen LogP contribution in [-0.2, 0) is 7.05 Å². The molecule has 1 aliphatic carbocycles. The monoisotopic (exact) mass is 166 g/mol. The maximum atomic E-state index is 10.8. The lowest BCUT2D eigenvalue weighted by Gasteiger charge is -1.97. The highest BCUT2D eigenvalue weighted by atomic mass is 16.4. The lowest BCUT2D eigenvalue weighted by Crippen LogP contribution is -2.07. The average molecular weight is 166 g/mol. The Balaban J connectivity index is 2.46. The summed E-state index contributed by atoms with van der Waals surface area (Å²) in [6.07, 6.45) is 3.87. The van der Waals surface area contributed by atoms with Crippen molar-refractivity contribution in [2.24, 2.45) is 7.05 Å². The third-order valence-corrected chi connectivity index (χ3v) is 2.19. The van der Waals surface area contributed by atoms with Gasteiger partial charge in [0.05, 0.1) is 6.20 Å². The molecule has 1 aromatic rings. The summed E-state index contributed by atoms with van der Waals surface area (Å²) in [7, 11) is 1.66. The minimum absolute atomic E-state index is 0.345. The molecule has 0 amide bonds. The van der Waals surface area contributed by atoms with E-state index in [0.717, 1.165) is 18.4 Å². The highest BCUT2D eigenvalue weighted by Crippen LogP contribution is 2.41. The largest absolute Gasteiger partial charge is 0.477 e. The molecule has 0 aliphatic heterocycles. The van der Waals surface area contributed by atoms with Gasteiger partial charge in [-0.15, -0.1) is 0 Å². The van der Waals surface area contributed by atoms with E-state index in [1.54, 1.807) is 13.2 Å². The first kappa shape index (κ1) is 7.34. The standard InChI is InChI=1S/C8H10N2O2/c1-10-7(8(11)12)6(4-9-10)5-2-3-5/h4-5H,2-3H2,1H3,(H,11,12). The minimum Gasteiger partial charge on any atom is -0.477 e. The maximum absolute atomic E-state index is 10.8. The third kappa shape index (κ3) is 0.995. The predicted octanol–water partition coefficient (Wildman–Crippen LogP) is 0.996. The van der Waals surface area contributed by atoms with Crippen LogP contribution in [-0.4, -0.2) is 20.9 Å². The Labute approximate surface area is 69.8 Å². The van der Waals surface area contributed by atoms with Crippen LogP contribution >= 0.6 is 0 Å². The van der Waals surface area contributed by atoms with Gasteiger partial charge in [0, 0.05) is 12.6 Å². The highest BCUT2D eigenvalue weighted by Gasteiger charge is 2.30. The number of carbonyl (C=O) groups is 1. The van der Waals surface area contributed by atoms with Gasteiger partial charge in [-0.2, -0.15) is 5.10 Å². The average Bonchev–Trinajstić information content (AvgIpc) is 2.75. The second-order valence-corrected chi connectivity index (χ2v) is 3.15. The zero-order valence-corrected chi connectivity index (χ0v) is 6.82. The van der Waals surface area contributed by atoms with E-state index < -0.39 is 5.97 Å². The Morgan fingerprint density at radius 2 is 2.42 bits per heavy atom. The molecule has 1 saturated carbocycles. The van der Waals surface area contributed by atoms with Crippen LogP contribution in [0.5, 0.6) is 0 Å². The molecule has 2 rings (SSSR count). The molecule has 12 heavy (non-hydrogen) atoms. The number of hydrogen-bond donors (Lipinski definition) is 1. The molecule has 1 heterocycles. The number of nitrogens with zero attached hydrogens (tertiary/aromatic N) is 2. The van der Waals surface area contributed by atoms with E-state index >= 15 is 0 Å². The van der Waals surface area contributed by atoms with E-state index in [2.05, 4.69) is 5.10 Å². The van der Waals surface area contributed by atoms with Crippen molar-refractivity contribution in [1.82, 2.24) is 9.78 Å². The molecule has 0 radical (unpaired) electrons. The van der Waals surface area contributed by atoms with Gasteiger partial charge in [0.25, 0.3) is 0 Å². The maximum Gasteiger partial charge on any atom is 0.354 e. The molecule has 1 aliphatic rings. The topological polar surface area (TPSA) is 55.1 Å². The summed E-state index contributed by atoms with van der Waals surface area (Å²) in [5, 5.41) is 12.8.